The molecule has 1 aromatic rings. The van der Waals surface area contributed by atoms with Crippen LogP contribution in [0, 0.1) is 0 Å². The van der Waals surface area contributed by atoms with E-state index in [0.717, 1.165) is 50.4 Å². The number of piperidine rings is 1. The molecular formula is C18H30N2O3. The zero-order valence-electron chi connectivity index (χ0n) is 15.1. The third-order valence-corrected chi connectivity index (χ3v) is 4.27. The third kappa shape index (κ3) is 5.27. The molecule has 2 rings (SSSR count). The fourth-order valence-electron chi connectivity index (χ4n) is 2.69. The van der Waals surface area contributed by atoms with Gasteiger partial charge in [-0.15, -0.1) is 0 Å². The van der Waals surface area contributed by atoms with Gasteiger partial charge in [0.05, 0.1) is 6.54 Å². The van der Waals surface area contributed by atoms with Gasteiger partial charge in [-0.25, -0.2) is 4.79 Å². The quantitative estimate of drug-likeness (QED) is 0.918. The van der Waals surface area contributed by atoms with Crippen LogP contribution in [0.2, 0.25) is 0 Å². The van der Waals surface area contributed by atoms with E-state index in [0.29, 0.717) is 0 Å². The van der Waals surface area contributed by atoms with Crippen molar-refractivity contribution in [2.75, 3.05) is 13.1 Å². The van der Waals surface area contributed by atoms with Gasteiger partial charge in [0.2, 0.25) is 0 Å². The van der Waals surface area contributed by atoms with E-state index in [4.69, 9.17) is 9.15 Å². The molecule has 5 nitrogen and oxygen atoms in total. The molecular weight excluding hydrogens is 292 g/mol. The van der Waals surface area contributed by atoms with Crippen molar-refractivity contribution in [1.82, 2.24) is 10.2 Å². The third-order valence-electron chi connectivity index (χ3n) is 4.27. The molecule has 130 valence electrons. The molecule has 1 fully saturated rings. The lowest BCUT2D eigenvalue weighted by atomic mass is 9.89. The van der Waals surface area contributed by atoms with Crippen molar-refractivity contribution in [2.45, 2.75) is 71.6 Å². The molecule has 0 radical (unpaired) electrons. The molecule has 1 saturated heterocycles. The van der Waals surface area contributed by atoms with Crippen molar-refractivity contribution in [3.63, 3.8) is 0 Å². The zero-order valence-corrected chi connectivity index (χ0v) is 15.1. The lowest BCUT2D eigenvalue weighted by Gasteiger charge is -2.40. The number of hydrogen-bond acceptors (Lipinski definition) is 4. The number of ether oxygens (including phenoxy) is 1. The molecule has 1 aliphatic rings. The van der Waals surface area contributed by atoms with Gasteiger partial charge >= 0.3 is 6.09 Å². The Hall–Kier alpha value is -1.49. The Morgan fingerprint density at radius 1 is 1.30 bits per heavy atom. The number of amides is 1. The lowest BCUT2D eigenvalue weighted by Crippen LogP contribution is -2.53. The molecule has 23 heavy (non-hydrogen) atoms. The zero-order chi connectivity index (χ0) is 17.1. The average molecular weight is 322 g/mol. The average Bonchev–Trinajstić information content (AvgIpc) is 2.92. The Bertz CT molecular complexity index is 523. The summed E-state index contributed by atoms with van der Waals surface area (Å²) < 4.78 is 11.2. The summed E-state index contributed by atoms with van der Waals surface area (Å²) >= 11 is 0. The Kier molecular flexibility index (Phi) is 5.40. The van der Waals surface area contributed by atoms with Crippen LogP contribution in [0.4, 0.5) is 4.79 Å². The molecule has 0 unspecified atom stereocenters. The van der Waals surface area contributed by atoms with Crippen LogP contribution >= 0.6 is 0 Å². The highest BCUT2D eigenvalue weighted by Crippen LogP contribution is 2.24. The van der Waals surface area contributed by atoms with Gasteiger partial charge in [0.15, 0.2) is 0 Å². The van der Waals surface area contributed by atoms with Gasteiger partial charge in [0, 0.05) is 25.0 Å². The Morgan fingerprint density at radius 3 is 2.43 bits per heavy atom. The smallest absolute Gasteiger partial charge is 0.410 e. The van der Waals surface area contributed by atoms with Crippen LogP contribution in [0.25, 0.3) is 0 Å². The summed E-state index contributed by atoms with van der Waals surface area (Å²) in [5, 5.41) is 3.59. The minimum absolute atomic E-state index is 0.0255. The molecule has 0 atom stereocenters. The summed E-state index contributed by atoms with van der Waals surface area (Å²) in [6.45, 7) is 12.2. The van der Waals surface area contributed by atoms with E-state index in [9.17, 15) is 4.79 Å². The number of likely N-dealkylation sites (tertiary alicyclic amines) is 1. The topological polar surface area (TPSA) is 54.7 Å². The molecule has 1 amide bonds. The summed E-state index contributed by atoms with van der Waals surface area (Å²) in [7, 11) is 0. The fourth-order valence-corrected chi connectivity index (χ4v) is 2.69. The summed E-state index contributed by atoms with van der Waals surface area (Å²) in [5.41, 5.74) is -0.413. The van der Waals surface area contributed by atoms with Crippen molar-refractivity contribution in [3.05, 3.63) is 23.7 Å². The van der Waals surface area contributed by atoms with Gasteiger partial charge in [-0.3, -0.25) is 0 Å². The molecule has 0 bridgehead atoms. The summed E-state index contributed by atoms with van der Waals surface area (Å²) in [4.78, 5) is 13.9. The van der Waals surface area contributed by atoms with E-state index >= 15 is 0 Å². The van der Waals surface area contributed by atoms with Gasteiger partial charge in [0.25, 0.3) is 0 Å². The lowest BCUT2D eigenvalue weighted by molar-refractivity contribution is 0.0155. The first kappa shape index (κ1) is 17.9. The highest BCUT2D eigenvalue weighted by molar-refractivity contribution is 5.68. The van der Waals surface area contributed by atoms with Crippen LogP contribution in [0.15, 0.2) is 16.5 Å². The van der Waals surface area contributed by atoms with Crippen LogP contribution in [0.5, 0.6) is 0 Å². The Balaban J connectivity index is 1.81. The largest absolute Gasteiger partial charge is 0.465 e. The van der Waals surface area contributed by atoms with E-state index in [-0.39, 0.29) is 11.6 Å². The standard InChI is InChI=1S/C18H30N2O3/c1-6-14-7-8-15(22-14)13-19-18(5)9-11-20(12-10-18)16(21)23-17(2,3)4/h7-8,19H,6,9-13H2,1-5H3. The SMILES string of the molecule is CCc1ccc(CNC2(C)CCN(C(=O)OC(C)(C)C)CC2)o1. The summed E-state index contributed by atoms with van der Waals surface area (Å²) in [6, 6.07) is 4.06. The maximum Gasteiger partial charge on any atom is 0.410 e. The van der Waals surface area contributed by atoms with Gasteiger partial charge in [0.1, 0.15) is 17.1 Å². The van der Waals surface area contributed by atoms with Crippen LogP contribution in [0.1, 0.15) is 59.0 Å². The van der Waals surface area contributed by atoms with Gasteiger partial charge < -0.3 is 19.4 Å². The number of rotatable bonds is 4. The van der Waals surface area contributed by atoms with Crippen molar-refractivity contribution in [2.24, 2.45) is 0 Å². The van der Waals surface area contributed by atoms with E-state index in [1.807, 2.05) is 32.9 Å². The maximum atomic E-state index is 12.1. The normalized spacial score (nSPS) is 18.0. The highest BCUT2D eigenvalue weighted by Gasteiger charge is 2.33. The van der Waals surface area contributed by atoms with Crippen LogP contribution in [0.3, 0.4) is 0 Å². The van der Waals surface area contributed by atoms with E-state index < -0.39 is 5.60 Å². The number of hydrogen-bond donors (Lipinski definition) is 1. The molecule has 2 heterocycles. The molecule has 0 saturated carbocycles. The fraction of sp³-hybridized carbons (Fsp3) is 0.722. The van der Waals surface area contributed by atoms with Crippen molar-refractivity contribution >= 4 is 6.09 Å². The summed E-state index contributed by atoms with van der Waals surface area (Å²) in [6.07, 6.45) is 2.53. The first-order valence-corrected chi connectivity index (χ1v) is 8.51. The second-order valence-electron chi connectivity index (χ2n) is 7.60. The predicted octanol–water partition coefficient (Wildman–Crippen LogP) is 3.72. The van der Waals surface area contributed by atoms with E-state index in [1.165, 1.54) is 0 Å². The van der Waals surface area contributed by atoms with Crippen molar-refractivity contribution in [3.8, 4) is 0 Å². The minimum atomic E-state index is -0.438. The maximum absolute atomic E-state index is 12.1. The Labute approximate surface area is 139 Å². The van der Waals surface area contributed by atoms with Gasteiger partial charge in [-0.05, 0) is 52.7 Å². The second-order valence-corrected chi connectivity index (χ2v) is 7.60. The minimum Gasteiger partial charge on any atom is -0.465 e. The molecule has 1 aliphatic heterocycles. The molecule has 1 N–H and O–H groups in total. The molecule has 0 spiro atoms. The molecule has 5 heteroatoms. The van der Waals surface area contributed by atoms with E-state index in [2.05, 4.69) is 19.2 Å². The van der Waals surface area contributed by atoms with Crippen molar-refractivity contribution < 1.29 is 13.9 Å². The number of furan rings is 1. The summed E-state index contributed by atoms with van der Waals surface area (Å²) in [5.74, 6) is 1.99. The van der Waals surface area contributed by atoms with Crippen LogP contribution < -0.4 is 5.32 Å². The first-order chi connectivity index (χ1) is 10.7. The molecule has 1 aromatic heterocycles. The van der Waals surface area contributed by atoms with Crippen molar-refractivity contribution in [1.29, 1.82) is 0 Å². The number of carbonyl (C=O) groups excluding carboxylic acids is 1. The second kappa shape index (κ2) is 6.95. The van der Waals surface area contributed by atoms with Crippen LogP contribution in [-0.2, 0) is 17.7 Å². The van der Waals surface area contributed by atoms with E-state index in [1.54, 1.807) is 4.90 Å². The highest BCUT2D eigenvalue weighted by atomic mass is 16.6. The Morgan fingerprint density at radius 2 is 1.91 bits per heavy atom. The number of aryl methyl sites for hydroxylation is 1. The predicted molar refractivity (Wildman–Crippen MR) is 90.4 cm³/mol. The van der Waals surface area contributed by atoms with Gasteiger partial charge in [-0.1, -0.05) is 6.92 Å². The van der Waals surface area contributed by atoms with Gasteiger partial charge in [-0.2, -0.15) is 0 Å². The molecule has 0 aromatic carbocycles. The number of nitrogens with zero attached hydrogens (tertiary/aromatic N) is 1. The van der Waals surface area contributed by atoms with Crippen LogP contribution in [-0.4, -0.2) is 35.2 Å². The first-order valence-electron chi connectivity index (χ1n) is 8.51. The molecule has 0 aliphatic carbocycles. The monoisotopic (exact) mass is 322 g/mol. The number of nitrogens with one attached hydrogen (secondary N) is 1. The number of carbonyl (C=O) groups is 1.